The number of amides is 1. The molecule has 0 spiro atoms. The number of rotatable bonds is 8. The van der Waals surface area contributed by atoms with E-state index in [2.05, 4.69) is 15.5 Å². The molecule has 0 saturated carbocycles. The zero-order valence-electron chi connectivity index (χ0n) is 14.7. The quantitative estimate of drug-likeness (QED) is 0.653. The molecule has 0 radical (unpaired) electrons. The van der Waals surface area contributed by atoms with E-state index in [-0.39, 0.29) is 12.1 Å². The number of nitrogens with one attached hydrogen (secondary N) is 2. The van der Waals surface area contributed by atoms with Crippen LogP contribution in [0.2, 0.25) is 0 Å². The van der Waals surface area contributed by atoms with Crippen LogP contribution in [-0.2, 0) is 24.2 Å². The Morgan fingerprint density at radius 1 is 1.27 bits per heavy atom. The lowest BCUT2D eigenvalue weighted by Crippen LogP contribution is -2.32. The minimum atomic E-state index is -1.07. The number of aromatic nitrogens is 2. The summed E-state index contributed by atoms with van der Waals surface area (Å²) < 4.78 is 5.11. The molecule has 8 heteroatoms. The number of benzene rings is 1. The molecule has 0 aliphatic heterocycles. The third-order valence-corrected chi connectivity index (χ3v) is 3.80. The van der Waals surface area contributed by atoms with Crippen molar-refractivity contribution >= 4 is 11.9 Å². The van der Waals surface area contributed by atoms with Gasteiger partial charge in [-0.05, 0) is 36.1 Å². The largest absolute Gasteiger partial charge is 0.482 e. The Bertz CT molecular complexity index is 860. The minimum absolute atomic E-state index is 0.0811. The van der Waals surface area contributed by atoms with E-state index in [1.54, 1.807) is 24.3 Å². The standard InChI is InChI=1S/C18H21N3O5/c1-3-13-14(4-2)20-21-18(25)16(13)17(24)19-9-11-6-5-7-12(8-11)26-10-15(22)23/h5-8H,3-4,9-10H2,1-2H3,(H,19,24)(H,21,25)(H,22,23). The third-order valence-electron chi connectivity index (χ3n) is 3.80. The fourth-order valence-electron chi connectivity index (χ4n) is 2.60. The lowest BCUT2D eigenvalue weighted by atomic mass is 10.0. The predicted molar refractivity (Wildman–Crippen MR) is 94.4 cm³/mol. The van der Waals surface area contributed by atoms with Crippen LogP contribution in [0.4, 0.5) is 0 Å². The highest BCUT2D eigenvalue weighted by molar-refractivity contribution is 5.95. The van der Waals surface area contributed by atoms with Crippen molar-refractivity contribution in [3.05, 3.63) is 57.0 Å². The number of hydrogen-bond acceptors (Lipinski definition) is 5. The first kappa shape index (κ1) is 19.2. The highest BCUT2D eigenvalue weighted by atomic mass is 16.5. The number of carbonyl (C=O) groups excluding carboxylic acids is 1. The van der Waals surface area contributed by atoms with Crippen LogP contribution in [0.1, 0.15) is 41.0 Å². The normalized spacial score (nSPS) is 10.4. The van der Waals surface area contributed by atoms with Gasteiger partial charge in [0.05, 0.1) is 5.69 Å². The number of nitrogens with zero attached hydrogens (tertiary/aromatic N) is 1. The average Bonchev–Trinajstić information content (AvgIpc) is 2.64. The topological polar surface area (TPSA) is 121 Å². The number of aromatic amines is 1. The van der Waals surface area contributed by atoms with Gasteiger partial charge in [-0.15, -0.1) is 0 Å². The molecule has 1 heterocycles. The summed E-state index contributed by atoms with van der Waals surface area (Å²) in [5, 5.41) is 17.7. The number of carboxylic acid groups (broad SMARTS) is 1. The Kier molecular flexibility index (Phi) is 6.48. The summed E-state index contributed by atoms with van der Waals surface area (Å²) in [6.45, 7) is 3.51. The van der Waals surface area contributed by atoms with Gasteiger partial charge in [0.25, 0.3) is 11.5 Å². The predicted octanol–water partition coefficient (Wildman–Crippen LogP) is 1.29. The van der Waals surface area contributed by atoms with Gasteiger partial charge in [0.15, 0.2) is 6.61 Å². The van der Waals surface area contributed by atoms with Crippen molar-refractivity contribution in [1.82, 2.24) is 15.5 Å². The van der Waals surface area contributed by atoms with Crippen LogP contribution in [0.3, 0.4) is 0 Å². The number of aliphatic carboxylic acids is 1. The van der Waals surface area contributed by atoms with Crippen molar-refractivity contribution in [1.29, 1.82) is 0 Å². The third kappa shape index (κ3) is 4.69. The molecular weight excluding hydrogens is 338 g/mol. The number of aryl methyl sites for hydroxylation is 1. The van der Waals surface area contributed by atoms with E-state index in [0.717, 1.165) is 5.56 Å². The van der Waals surface area contributed by atoms with Crippen LogP contribution >= 0.6 is 0 Å². The number of H-pyrrole nitrogens is 1. The second-order valence-corrected chi connectivity index (χ2v) is 5.57. The first-order valence-electron chi connectivity index (χ1n) is 8.28. The summed E-state index contributed by atoms with van der Waals surface area (Å²) in [5.74, 6) is -1.15. The fraction of sp³-hybridized carbons (Fsp3) is 0.333. The van der Waals surface area contributed by atoms with Crippen molar-refractivity contribution in [3.63, 3.8) is 0 Å². The monoisotopic (exact) mass is 359 g/mol. The van der Waals surface area contributed by atoms with Crippen molar-refractivity contribution in [2.45, 2.75) is 33.2 Å². The van der Waals surface area contributed by atoms with Crippen LogP contribution in [-0.4, -0.2) is 33.8 Å². The summed E-state index contributed by atoms with van der Waals surface area (Å²) in [7, 11) is 0. The summed E-state index contributed by atoms with van der Waals surface area (Å²) in [6, 6.07) is 6.73. The Morgan fingerprint density at radius 3 is 2.69 bits per heavy atom. The van der Waals surface area contributed by atoms with E-state index in [1.807, 2.05) is 13.8 Å². The second-order valence-electron chi connectivity index (χ2n) is 5.57. The van der Waals surface area contributed by atoms with E-state index in [4.69, 9.17) is 9.84 Å². The number of ether oxygens (including phenoxy) is 1. The molecule has 0 bridgehead atoms. The lowest BCUT2D eigenvalue weighted by molar-refractivity contribution is -0.139. The molecule has 1 amide bonds. The van der Waals surface area contributed by atoms with Gasteiger partial charge in [0.1, 0.15) is 11.3 Å². The fourth-order valence-corrected chi connectivity index (χ4v) is 2.60. The molecule has 0 atom stereocenters. The maximum absolute atomic E-state index is 12.5. The zero-order chi connectivity index (χ0) is 19.1. The summed E-state index contributed by atoms with van der Waals surface area (Å²) in [6.07, 6.45) is 1.14. The molecule has 138 valence electrons. The van der Waals surface area contributed by atoms with Crippen molar-refractivity contribution in [2.24, 2.45) is 0 Å². The van der Waals surface area contributed by atoms with Gasteiger partial charge < -0.3 is 15.2 Å². The number of hydrogen-bond donors (Lipinski definition) is 3. The molecule has 2 aromatic rings. The summed E-state index contributed by atoms with van der Waals surface area (Å²) in [5.41, 5.74) is 1.63. The van der Waals surface area contributed by atoms with Crippen LogP contribution in [0.15, 0.2) is 29.1 Å². The Balaban J connectivity index is 2.13. The average molecular weight is 359 g/mol. The first-order valence-corrected chi connectivity index (χ1v) is 8.28. The van der Waals surface area contributed by atoms with Crippen LogP contribution in [0.5, 0.6) is 5.75 Å². The van der Waals surface area contributed by atoms with Gasteiger partial charge in [0.2, 0.25) is 0 Å². The van der Waals surface area contributed by atoms with Crippen LogP contribution in [0.25, 0.3) is 0 Å². The highest BCUT2D eigenvalue weighted by Gasteiger charge is 2.18. The smallest absolute Gasteiger partial charge is 0.341 e. The Hall–Kier alpha value is -3.16. The van der Waals surface area contributed by atoms with Crippen molar-refractivity contribution in [2.75, 3.05) is 6.61 Å². The van der Waals surface area contributed by atoms with Crippen LogP contribution in [0, 0.1) is 0 Å². The van der Waals surface area contributed by atoms with Crippen molar-refractivity contribution in [3.8, 4) is 5.75 Å². The van der Waals surface area contributed by atoms with E-state index >= 15 is 0 Å². The Labute approximate surface area is 150 Å². The van der Waals surface area contributed by atoms with Gasteiger partial charge in [-0.2, -0.15) is 5.10 Å². The maximum Gasteiger partial charge on any atom is 0.341 e. The van der Waals surface area contributed by atoms with E-state index < -0.39 is 24.0 Å². The minimum Gasteiger partial charge on any atom is -0.482 e. The summed E-state index contributed by atoms with van der Waals surface area (Å²) >= 11 is 0. The van der Waals surface area contributed by atoms with Gasteiger partial charge in [-0.3, -0.25) is 9.59 Å². The molecule has 0 aliphatic carbocycles. The molecule has 26 heavy (non-hydrogen) atoms. The molecule has 0 aliphatic rings. The molecular formula is C18H21N3O5. The maximum atomic E-state index is 12.5. The van der Waals surface area contributed by atoms with Gasteiger partial charge >= 0.3 is 5.97 Å². The second kappa shape index (κ2) is 8.80. The van der Waals surface area contributed by atoms with Crippen LogP contribution < -0.4 is 15.6 Å². The lowest BCUT2D eigenvalue weighted by Gasteiger charge is -2.11. The van der Waals surface area contributed by atoms with E-state index in [0.29, 0.717) is 29.8 Å². The molecule has 1 aromatic carbocycles. The van der Waals surface area contributed by atoms with E-state index in [9.17, 15) is 14.4 Å². The molecule has 0 fully saturated rings. The zero-order valence-corrected chi connectivity index (χ0v) is 14.7. The highest BCUT2D eigenvalue weighted by Crippen LogP contribution is 2.14. The molecule has 3 N–H and O–H groups in total. The van der Waals surface area contributed by atoms with Gasteiger partial charge in [-0.25, -0.2) is 9.89 Å². The van der Waals surface area contributed by atoms with Crippen molar-refractivity contribution < 1.29 is 19.4 Å². The first-order chi connectivity index (χ1) is 12.5. The molecule has 8 nitrogen and oxygen atoms in total. The summed E-state index contributed by atoms with van der Waals surface area (Å²) in [4.78, 5) is 35.1. The SMILES string of the molecule is CCc1n[nH]c(=O)c(C(=O)NCc2cccc(OCC(=O)O)c2)c1CC. The molecule has 0 unspecified atom stereocenters. The van der Waals surface area contributed by atoms with E-state index in [1.165, 1.54) is 0 Å². The van der Waals surface area contributed by atoms with Gasteiger partial charge in [0, 0.05) is 6.54 Å². The van der Waals surface area contributed by atoms with Gasteiger partial charge in [-0.1, -0.05) is 26.0 Å². The number of carbonyl (C=O) groups is 2. The molecule has 1 aromatic heterocycles. The number of carboxylic acids is 1. The molecule has 0 saturated heterocycles. The molecule has 2 rings (SSSR count). The Morgan fingerprint density at radius 2 is 2.04 bits per heavy atom.